The summed E-state index contributed by atoms with van der Waals surface area (Å²) in [5, 5.41) is 3.07. The molecule has 0 radical (unpaired) electrons. The smallest absolute Gasteiger partial charge is 0.281 e. The Balaban J connectivity index is 1.44. The van der Waals surface area contributed by atoms with E-state index in [1.54, 1.807) is 0 Å². The van der Waals surface area contributed by atoms with Gasteiger partial charge in [-0.15, -0.1) is 0 Å². The molecule has 1 saturated heterocycles. The zero-order valence-electron chi connectivity index (χ0n) is 18.9. The Morgan fingerprint density at radius 1 is 1.03 bits per heavy atom. The van der Waals surface area contributed by atoms with Crippen molar-refractivity contribution in [2.75, 3.05) is 51.1 Å². The molecule has 0 spiro atoms. The molecule has 164 valence electrons. The first kappa shape index (κ1) is 22.5. The maximum atomic E-state index is 12.9. The van der Waals surface area contributed by atoms with E-state index >= 15 is 0 Å². The molecule has 0 aromatic heterocycles. The number of aryl methyl sites for hydroxylation is 1. The Morgan fingerprint density at radius 2 is 1.73 bits per heavy atom. The normalized spacial score (nSPS) is 21.6. The van der Waals surface area contributed by atoms with Gasteiger partial charge in [0.1, 0.15) is 26.2 Å². The summed E-state index contributed by atoms with van der Waals surface area (Å²) in [5.74, 6) is 0.316. The van der Waals surface area contributed by atoms with Crippen molar-refractivity contribution in [3.05, 3.63) is 41.1 Å². The van der Waals surface area contributed by atoms with Crippen molar-refractivity contribution in [2.24, 2.45) is 0 Å². The first-order valence-electron chi connectivity index (χ1n) is 11.5. The number of anilines is 1. The fraction of sp³-hybridized carbons (Fsp3) is 0.583. The van der Waals surface area contributed by atoms with Crippen LogP contribution >= 0.6 is 0 Å². The zero-order chi connectivity index (χ0) is 21.5. The molecule has 0 saturated carbocycles. The highest BCUT2D eigenvalue weighted by Crippen LogP contribution is 2.20. The number of rotatable bonds is 7. The van der Waals surface area contributed by atoms with Gasteiger partial charge in [0.05, 0.1) is 0 Å². The summed E-state index contributed by atoms with van der Waals surface area (Å²) in [6, 6.07) is 6.00. The highest BCUT2D eigenvalue weighted by atomic mass is 16.2. The van der Waals surface area contributed by atoms with Crippen LogP contribution in [0.15, 0.2) is 30.0 Å². The first-order valence-corrected chi connectivity index (χ1v) is 11.5. The van der Waals surface area contributed by atoms with Crippen LogP contribution in [0.5, 0.6) is 0 Å². The van der Waals surface area contributed by atoms with Crippen LogP contribution in [-0.2, 0) is 9.59 Å². The Bertz CT molecular complexity index is 781. The van der Waals surface area contributed by atoms with Gasteiger partial charge >= 0.3 is 0 Å². The lowest BCUT2D eigenvalue weighted by molar-refractivity contribution is -1.00. The summed E-state index contributed by atoms with van der Waals surface area (Å²) in [6.45, 7) is 11.7. The largest absolute Gasteiger partial charge is 0.321 e. The van der Waals surface area contributed by atoms with Gasteiger partial charge in [0.25, 0.3) is 11.8 Å². The van der Waals surface area contributed by atoms with Crippen LogP contribution in [0.25, 0.3) is 0 Å². The molecule has 2 amide bonds. The monoisotopic (exact) mass is 414 g/mol. The van der Waals surface area contributed by atoms with Crippen LogP contribution in [0.4, 0.5) is 5.69 Å². The molecule has 1 aliphatic heterocycles. The molecule has 1 fully saturated rings. The molecule has 1 heterocycles. The molecule has 1 aromatic rings. The first-order chi connectivity index (χ1) is 14.5. The van der Waals surface area contributed by atoms with E-state index in [0.717, 1.165) is 56.8 Å². The number of amides is 2. The molecule has 6 nitrogen and oxygen atoms in total. The molecule has 3 N–H and O–H groups in total. The van der Waals surface area contributed by atoms with Crippen LogP contribution in [0.2, 0.25) is 0 Å². The number of hydrogen-bond acceptors (Lipinski definition) is 2. The molecular formula is C24H38N4O2+2. The number of carbonyl (C=O) groups is 2. The van der Waals surface area contributed by atoms with Gasteiger partial charge in [-0.25, -0.2) is 0 Å². The standard InChI is InChI=1S/C24H36N4O2/c1-4-28(21-10-6-5-7-11-21)24(30)18-27-15-13-26(14-16-27)17-23(29)25-22-12-8-9-19(2)20(22)3/h8-10,12H,4-7,11,13-18H2,1-3H3,(H,25,29)/p+2. The third-order valence-corrected chi connectivity index (χ3v) is 6.59. The fourth-order valence-electron chi connectivity index (χ4n) is 4.53. The topological polar surface area (TPSA) is 58.3 Å². The second-order valence-electron chi connectivity index (χ2n) is 8.73. The van der Waals surface area contributed by atoms with Gasteiger partial charge in [0.2, 0.25) is 0 Å². The van der Waals surface area contributed by atoms with Crippen LogP contribution in [-0.4, -0.2) is 62.5 Å². The van der Waals surface area contributed by atoms with Gasteiger partial charge in [0.15, 0.2) is 13.1 Å². The van der Waals surface area contributed by atoms with Crippen molar-refractivity contribution < 1.29 is 19.4 Å². The summed E-state index contributed by atoms with van der Waals surface area (Å²) in [6.07, 6.45) is 6.80. The van der Waals surface area contributed by atoms with Crippen molar-refractivity contribution >= 4 is 17.5 Å². The van der Waals surface area contributed by atoms with E-state index in [4.69, 9.17) is 0 Å². The molecule has 0 unspecified atom stereocenters. The van der Waals surface area contributed by atoms with E-state index in [9.17, 15) is 9.59 Å². The van der Waals surface area contributed by atoms with Crippen LogP contribution in [0, 0.1) is 13.8 Å². The number of piperazine rings is 1. The number of likely N-dealkylation sites (N-methyl/N-ethyl adjacent to an activating group) is 1. The molecule has 3 rings (SSSR count). The van der Waals surface area contributed by atoms with Gasteiger partial charge in [-0.2, -0.15) is 0 Å². The Kier molecular flexibility index (Phi) is 8.05. The number of allylic oxidation sites excluding steroid dienone is 2. The molecule has 2 aliphatic rings. The molecule has 1 aliphatic carbocycles. The molecular weight excluding hydrogens is 376 g/mol. The number of carbonyl (C=O) groups excluding carboxylic acids is 2. The molecule has 30 heavy (non-hydrogen) atoms. The minimum atomic E-state index is 0.0691. The number of benzene rings is 1. The molecule has 1 aromatic carbocycles. The van der Waals surface area contributed by atoms with Crippen LogP contribution in [0.3, 0.4) is 0 Å². The van der Waals surface area contributed by atoms with E-state index in [0.29, 0.717) is 13.1 Å². The Labute approximate surface area is 180 Å². The van der Waals surface area contributed by atoms with Gasteiger partial charge in [-0.05, 0) is 63.6 Å². The second-order valence-corrected chi connectivity index (χ2v) is 8.73. The number of quaternary nitrogens is 2. The second kappa shape index (κ2) is 10.7. The number of nitrogens with zero attached hydrogens (tertiary/aromatic N) is 1. The van der Waals surface area contributed by atoms with Crippen molar-refractivity contribution in [3.63, 3.8) is 0 Å². The summed E-state index contributed by atoms with van der Waals surface area (Å²) in [5.41, 5.74) is 4.45. The third kappa shape index (κ3) is 5.92. The van der Waals surface area contributed by atoms with Crippen molar-refractivity contribution in [3.8, 4) is 0 Å². The van der Waals surface area contributed by atoms with E-state index in [1.807, 2.05) is 24.0 Å². The summed E-state index contributed by atoms with van der Waals surface area (Å²) < 4.78 is 0. The Morgan fingerprint density at radius 3 is 2.37 bits per heavy atom. The maximum absolute atomic E-state index is 12.9. The van der Waals surface area contributed by atoms with Gasteiger partial charge < -0.3 is 20.0 Å². The highest BCUT2D eigenvalue weighted by molar-refractivity contribution is 5.92. The average Bonchev–Trinajstić information content (AvgIpc) is 2.74. The third-order valence-electron chi connectivity index (χ3n) is 6.59. The van der Waals surface area contributed by atoms with Crippen LogP contribution in [0.1, 0.15) is 43.7 Å². The average molecular weight is 415 g/mol. The van der Waals surface area contributed by atoms with Gasteiger partial charge in [0, 0.05) is 17.9 Å². The summed E-state index contributed by atoms with van der Waals surface area (Å²) in [4.78, 5) is 30.0. The van der Waals surface area contributed by atoms with E-state index in [1.165, 1.54) is 33.9 Å². The lowest BCUT2D eigenvalue weighted by Crippen LogP contribution is -3.28. The van der Waals surface area contributed by atoms with E-state index in [-0.39, 0.29) is 11.8 Å². The van der Waals surface area contributed by atoms with Crippen molar-refractivity contribution in [1.82, 2.24) is 4.90 Å². The Hall–Kier alpha value is -2.18. The predicted molar refractivity (Wildman–Crippen MR) is 120 cm³/mol. The zero-order valence-corrected chi connectivity index (χ0v) is 18.9. The minimum Gasteiger partial charge on any atom is -0.321 e. The minimum absolute atomic E-state index is 0.0691. The van der Waals surface area contributed by atoms with Crippen molar-refractivity contribution in [2.45, 2.75) is 46.5 Å². The lowest BCUT2D eigenvalue weighted by Gasteiger charge is -2.31. The SMILES string of the molecule is CCN(C(=O)C[NH+]1CC[NH+](CC(=O)Nc2cccc(C)c2C)CC1)C1=CCCCC1. The van der Waals surface area contributed by atoms with E-state index in [2.05, 4.69) is 31.3 Å². The van der Waals surface area contributed by atoms with Gasteiger partial charge in [-0.1, -0.05) is 18.2 Å². The lowest BCUT2D eigenvalue weighted by atomic mass is 10.0. The van der Waals surface area contributed by atoms with E-state index < -0.39 is 0 Å². The number of hydrogen-bond donors (Lipinski definition) is 3. The maximum Gasteiger partial charge on any atom is 0.281 e. The predicted octanol–water partition coefficient (Wildman–Crippen LogP) is 0.332. The quantitative estimate of drug-likeness (QED) is 0.602. The van der Waals surface area contributed by atoms with Crippen LogP contribution < -0.4 is 15.1 Å². The molecule has 0 atom stereocenters. The summed E-state index contributed by atoms with van der Waals surface area (Å²) >= 11 is 0. The number of nitrogens with one attached hydrogen (secondary N) is 3. The summed E-state index contributed by atoms with van der Waals surface area (Å²) in [7, 11) is 0. The molecule has 6 heteroatoms. The molecule has 0 bridgehead atoms. The fourth-order valence-corrected chi connectivity index (χ4v) is 4.53. The highest BCUT2D eigenvalue weighted by Gasteiger charge is 2.28. The van der Waals surface area contributed by atoms with Crippen molar-refractivity contribution in [1.29, 1.82) is 0 Å². The van der Waals surface area contributed by atoms with Gasteiger partial charge in [-0.3, -0.25) is 9.59 Å².